The van der Waals surface area contributed by atoms with E-state index < -0.39 is 0 Å². The molecule has 2 aromatic carbocycles. The van der Waals surface area contributed by atoms with Gasteiger partial charge in [-0.1, -0.05) is 18.2 Å². The summed E-state index contributed by atoms with van der Waals surface area (Å²) in [5.74, 6) is -0.662. The second kappa shape index (κ2) is 7.29. The second-order valence-corrected chi connectivity index (χ2v) is 5.89. The van der Waals surface area contributed by atoms with Crippen LogP contribution in [0.5, 0.6) is 0 Å². The van der Waals surface area contributed by atoms with Gasteiger partial charge >= 0.3 is 0 Å². The normalized spacial score (nSPS) is 10.6. The van der Waals surface area contributed by atoms with Crippen LogP contribution in [-0.2, 0) is 0 Å². The number of hydrazine groups is 1. The highest BCUT2D eigenvalue weighted by molar-refractivity contribution is 7.97. The SMILES string of the molecule is Cc1ccn(-c2cccc(C(=O)NNSc3ccccc3F)c2)n1. The molecule has 0 aliphatic rings. The summed E-state index contributed by atoms with van der Waals surface area (Å²) >= 11 is 0.999. The first-order valence-electron chi connectivity index (χ1n) is 7.23. The monoisotopic (exact) mass is 342 g/mol. The minimum Gasteiger partial charge on any atom is -0.277 e. The second-order valence-electron chi connectivity index (χ2n) is 5.04. The molecular weight excluding hydrogens is 327 g/mol. The molecule has 1 heterocycles. The van der Waals surface area contributed by atoms with E-state index in [1.165, 1.54) is 6.07 Å². The molecule has 0 aliphatic carbocycles. The van der Waals surface area contributed by atoms with Crippen LogP contribution in [0, 0.1) is 12.7 Å². The third kappa shape index (κ3) is 3.81. The highest BCUT2D eigenvalue weighted by Crippen LogP contribution is 2.17. The van der Waals surface area contributed by atoms with Gasteiger partial charge in [0.05, 0.1) is 16.3 Å². The van der Waals surface area contributed by atoms with Crippen LogP contribution in [0.2, 0.25) is 0 Å². The average Bonchev–Trinajstić information content (AvgIpc) is 3.03. The fraction of sp³-hybridized carbons (Fsp3) is 0.0588. The number of nitrogens with zero attached hydrogens (tertiary/aromatic N) is 2. The third-order valence-electron chi connectivity index (χ3n) is 3.26. The number of benzene rings is 2. The number of carbonyl (C=O) groups excluding carboxylic acids is 1. The van der Waals surface area contributed by atoms with Gasteiger partial charge in [-0.2, -0.15) is 9.93 Å². The van der Waals surface area contributed by atoms with Crippen molar-refractivity contribution in [2.75, 3.05) is 0 Å². The van der Waals surface area contributed by atoms with E-state index in [2.05, 4.69) is 15.4 Å². The molecule has 5 nitrogen and oxygen atoms in total. The van der Waals surface area contributed by atoms with Crippen LogP contribution in [0.1, 0.15) is 16.1 Å². The number of hydrogen-bond donors (Lipinski definition) is 2. The largest absolute Gasteiger partial charge is 0.277 e. The molecule has 0 bridgehead atoms. The minimum absolute atomic E-state index is 0.315. The number of nitrogens with one attached hydrogen (secondary N) is 2. The maximum Gasteiger partial charge on any atom is 0.266 e. The maximum atomic E-state index is 13.5. The Labute approximate surface area is 143 Å². The number of rotatable bonds is 5. The lowest BCUT2D eigenvalue weighted by atomic mass is 10.2. The summed E-state index contributed by atoms with van der Waals surface area (Å²) in [6.07, 6.45) is 1.83. The van der Waals surface area contributed by atoms with Gasteiger partial charge in [-0.25, -0.2) is 9.07 Å². The Morgan fingerprint density at radius 1 is 1.17 bits per heavy atom. The number of halogens is 1. The molecule has 1 amide bonds. The van der Waals surface area contributed by atoms with Gasteiger partial charge in [-0.3, -0.25) is 10.2 Å². The molecule has 7 heteroatoms. The van der Waals surface area contributed by atoms with Gasteiger partial charge in [0.25, 0.3) is 5.91 Å². The van der Waals surface area contributed by atoms with Crippen LogP contribution in [0.4, 0.5) is 4.39 Å². The number of amides is 1. The van der Waals surface area contributed by atoms with E-state index in [4.69, 9.17) is 0 Å². The Morgan fingerprint density at radius 2 is 2.00 bits per heavy atom. The molecular formula is C17H15FN4OS. The van der Waals surface area contributed by atoms with Gasteiger partial charge in [0.2, 0.25) is 0 Å². The van der Waals surface area contributed by atoms with Crippen molar-refractivity contribution in [2.24, 2.45) is 0 Å². The first-order valence-corrected chi connectivity index (χ1v) is 8.04. The zero-order chi connectivity index (χ0) is 16.9. The molecule has 0 radical (unpaired) electrons. The van der Waals surface area contributed by atoms with E-state index in [-0.39, 0.29) is 11.7 Å². The molecule has 0 spiro atoms. The van der Waals surface area contributed by atoms with E-state index in [1.54, 1.807) is 41.1 Å². The first-order chi connectivity index (χ1) is 11.6. The van der Waals surface area contributed by atoms with Gasteiger partial charge < -0.3 is 0 Å². The van der Waals surface area contributed by atoms with Crippen molar-refractivity contribution in [3.63, 3.8) is 0 Å². The van der Waals surface area contributed by atoms with Crippen molar-refractivity contribution in [3.05, 3.63) is 77.9 Å². The zero-order valence-electron chi connectivity index (χ0n) is 12.9. The van der Waals surface area contributed by atoms with Crippen molar-refractivity contribution in [1.82, 2.24) is 20.0 Å². The zero-order valence-corrected chi connectivity index (χ0v) is 13.7. The van der Waals surface area contributed by atoms with Gasteiger partial charge in [0, 0.05) is 11.8 Å². The number of aromatic nitrogens is 2. The molecule has 0 atom stereocenters. The average molecular weight is 342 g/mol. The number of aryl methyl sites for hydroxylation is 1. The summed E-state index contributed by atoms with van der Waals surface area (Å²) in [5, 5.41) is 4.32. The van der Waals surface area contributed by atoms with Crippen LogP contribution in [0.25, 0.3) is 5.69 Å². The summed E-state index contributed by atoms with van der Waals surface area (Å²) in [5.41, 5.74) is 4.70. The van der Waals surface area contributed by atoms with Crippen molar-refractivity contribution >= 4 is 17.9 Å². The lowest BCUT2D eigenvalue weighted by Crippen LogP contribution is -2.32. The van der Waals surface area contributed by atoms with E-state index in [9.17, 15) is 9.18 Å². The van der Waals surface area contributed by atoms with Crippen LogP contribution < -0.4 is 10.3 Å². The highest BCUT2D eigenvalue weighted by Gasteiger charge is 2.08. The number of hydrogen-bond acceptors (Lipinski definition) is 4. The highest BCUT2D eigenvalue weighted by atomic mass is 32.2. The van der Waals surface area contributed by atoms with Crippen LogP contribution in [0.3, 0.4) is 0 Å². The van der Waals surface area contributed by atoms with Crippen molar-refractivity contribution < 1.29 is 9.18 Å². The molecule has 122 valence electrons. The van der Waals surface area contributed by atoms with E-state index >= 15 is 0 Å². The quantitative estimate of drug-likeness (QED) is 0.552. The molecule has 3 aromatic rings. The van der Waals surface area contributed by atoms with Gasteiger partial charge in [0.1, 0.15) is 5.82 Å². The van der Waals surface area contributed by atoms with Gasteiger partial charge in [-0.15, -0.1) is 0 Å². The van der Waals surface area contributed by atoms with Crippen LogP contribution in [0.15, 0.2) is 65.7 Å². The Hall–Kier alpha value is -2.64. The first kappa shape index (κ1) is 16.2. The smallest absolute Gasteiger partial charge is 0.266 e. The summed E-state index contributed by atoms with van der Waals surface area (Å²) in [7, 11) is 0. The molecule has 0 aliphatic heterocycles. The predicted octanol–water partition coefficient (Wildman–Crippen LogP) is 3.26. The fourth-order valence-corrected chi connectivity index (χ4v) is 2.64. The van der Waals surface area contributed by atoms with Crippen molar-refractivity contribution in [3.8, 4) is 5.69 Å². The summed E-state index contributed by atoms with van der Waals surface area (Å²) < 4.78 is 15.2. The Balaban J connectivity index is 1.64. The third-order valence-corrected chi connectivity index (χ3v) is 4.01. The molecule has 0 saturated heterocycles. The fourth-order valence-electron chi connectivity index (χ4n) is 2.08. The summed E-state index contributed by atoms with van der Waals surface area (Å²) in [4.78, 5) is 15.3. The predicted molar refractivity (Wildman–Crippen MR) is 91.2 cm³/mol. The topological polar surface area (TPSA) is 59.0 Å². The Morgan fingerprint density at radius 3 is 2.75 bits per heavy atom. The Bertz CT molecular complexity index is 865. The van der Waals surface area contributed by atoms with E-state index in [0.717, 1.165) is 23.3 Å². The van der Waals surface area contributed by atoms with Gasteiger partial charge in [-0.05, 0) is 55.3 Å². The van der Waals surface area contributed by atoms with Crippen LogP contribution >= 0.6 is 11.9 Å². The van der Waals surface area contributed by atoms with E-state index in [0.29, 0.717) is 10.5 Å². The summed E-state index contributed by atoms with van der Waals surface area (Å²) in [6.45, 7) is 1.90. The number of carbonyl (C=O) groups is 1. The standard InChI is InChI=1S/C17H15FN4OS/c1-12-9-10-22(20-12)14-6-4-5-13(11-14)17(23)19-21-24-16-8-3-2-7-15(16)18/h2-11,21H,1H3,(H,19,23). The van der Waals surface area contributed by atoms with E-state index in [1.807, 2.05) is 25.3 Å². The van der Waals surface area contributed by atoms with Crippen LogP contribution in [-0.4, -0.2) is 15.7 Å². The molecule has 0 saturated carbocycles. The molecule has 3 rings (SSSR count). The lowest BCUT2D eigenvalue weighted by Gasteiger charge is -2.08. The van der Waals surface area contributed by atoms with Crippen molar-refractivity contribution in [2.45, 2.75) is 11.8 Å². The molecule has 0 fully saturated rings. The van der Waals surface area contributed by atoms with Crippen molar-refractivity contribution in [1.29, 1.82) is 0 Å². The maximum absolute atomic E-state index is 13.5. The lowest BCUT2D eigenvalue weighted by molar-refractivity contribution is 0.0947. The molecule has 0 unspecified atom stereocenters. The molecule has 1 aromatic heterocycles. The molecule has 2 N–H and O–H groups in total. The van der Waals surface area contributed by atoms with Gasteiger partial charge in [0.15, 0.2) is 0 Å². The Kier molecular flexibility index (Phi) is 4.93. The minimum atomic E-state index is -0.347. The summed E-state index contributed by atoms with van der Waals surface area (Å²) in [6, 6.07) is 15.3. The molecule has 24 heavy (non-hydrogen) atoms.